The second-order valence-electron chi connectivity index (χ2n) is 6.64. The molecule has 0 saturated heterocycles. The van der Waals surface area contributed by atoms with Crippen molar-refractivity contribution in [2.45, 2.75) is 45.6 Å². The zero-order valence-electron chi connectivity index (χ0n) is 13.3. The van der Waals surface area contributed by atoms with Crippen LogP contribution in [0.3, 0.4) is 0 Å². The first-order valence-electron chi connectivity index (χ1n) is 7.47. The van der Waals surface area contributed by atoms with Gasteiger partial charge in [-0.2, -0.15) is 0 Å². The Bertz CT molecular complexity index is 491. The highest BCUT2D eigenvalue weighted by molar-refractivity contribution is 5.80. The molecule has 0 bridgehead atoms. The van der Waals surface area contributed by atoms with Crippen LogP contribution in [0.2, 0.25) is 0 Å². The highest BCUT2D eigenvalue weighted by Gasteiger charge is 2.33. The lowest BCUT2D eigenvalue weighted by atomic mass is 9.84. The summed E-state index contributed by atoms with van der Waals surface area (Å²) < 4.78 is 0. The van der Waals surface area contributed by atoms with Gasteiger partial charge in [-0.1, -0.05) is 50.6 Å². The summed E-state index contributed by atoms with van der Waals surface area (Å²) in [6.07, 6.45) is 1.25. The molecule has 0 spiro atoms. The molecule has 1 fully saturated rings. The Hall–Kier alpha value is -1.51. The van der Waals surface area contributed by atoms with Gasteiger partial charge in [0.05, 0.1) is 0 Å². The van der Waals surface area contributed by atoms with E-state index in [4.69, 9.17) is 0 Å². The minimum atomic E-state index is 0.0821. The molecule has 3 heteroatoms. The van der Waals surface area contributed by atoms with Crippen molar-refractivity contribution in [3.05, 3.63) is 35.4 Å². The fourth-order valence-electron chi connectivity index (χ4n) is 2.37. The molecule has 1 aliphatic carbocycles. The number of benzene rings is 1. The predicted molar refractivity (Wildman–Crippen MR) is 86.3 cm³/mol. The fourth-order valence-corrected chi connectivity index (χ4v) is 2.37. The molecule has 0 radical (unpaired) electrons. The zero-order valence-corrected chi connectivity index (χ0v) is 13.3. The van der Waals surface area contributed by atoms with E-state index < -0.39 is 0 Å². The first kappa shape index (κ1) is 14.9. The first-order valence-corrected chi connectivity index (χ1v) is 7.47. The van der Waals surface area contributed by atoms with E-state index in [1.807, 2.05) is 7.05 Å². The van der Waals surface area contributed by atoms with Crippen LogP contribution in [-0.2, 0) is 5.41 Å². The predicted octanol–water partition coefficient (Wildman–Crippen LogP) is 2.85. The molecule has 1 aromatic carbocycles. The van der Waals surface area contributed by atoms with Gasteiger partial charge in [-0.3, -0.25) is 4.99 Å². The molecule has 2 unspecified atom stereocenters. The Balaban J connectivity index is 1.94. The number of hydrogen-bond donors (Lipinski definition) is 2. The highest BCUT2D eigenvalue weighted by Crippen LogP contribution is 2.29. The van der Waals surface area contributed by atoms with Gasteiger partial charge >= 0.3 is 0 Å². The van der Waals surface area contributed by atoms with Crippen LogP contribution in [-0.4, -0.2) is 25.6 Å². The van der Waals surface area contributed by atoms with Crippen molar-refractivity contribution < 1.29 is 0 Å². The number of aryl methyl sites for hydroxylation is 1. The van der Waals surface area contributed by atoms with Crippen LogP contribution in [0.4, 0.5) is 0 Å². The maximum atomic E-state index is 4.31. The van der Waals surface area contributed by atoms with Crippen LogP contribution in [0.5, 0.6) is 0 Å². The van der Waals surface area contributed by atoms with Gasteiger partial charge in [0.15, 0.2) is 5.96 Å². The minimum Gasteiger partial charge on any atom is -0.356 e. The van der Waals surface area contributed by atoms with Gasteiger partial charge in [0.25, 0.3) is 0 Å². The third-order valence-electron chi connectivity index (χ3n) is 4.15. The number of guanidine groups is 1. The van der Waals surface area contributed by atoms with Crippen molar-refractivity contribution in [3.63, 3.8) is 0 Å². The SMILES string of the molecule is CN=C(NCC(C)(C)c1cccc(C)c1)NC1CC1C. The Morgan fingerprint density at radius 2 is 2.10 bits per heavy atom. The van der Waals surface area contributed by atoms with Crippen LogP contribution >= 0.6 is 0 Å². The topological polar surface area (TPSA) is 36.4 Å². The Kier molecular flexibility index (Phi) is 4.36. The van der Waals surface area contributed by atoms with E-state index in [9.17, 15) is 0 Å². The lowest BCUT2D eigenvalue weighted by Crippen LogP contribution is -2.44. The van der Waals surface area contributed by atoms with E-state index in [1.54, 1.807) is 0 Å². The fraction of sp³-hybridized carbons (Fsp3) is 0.588. The quantitative estimate of drug-likeness (QED) is 0.654. The third kappa shape index (κ3) is 3.75. The molecular formula is C17H27N3. The van der Waals surface area contributed by atoms with Crippen LogP contribution < -0.4 is 10.6 Å². The van der Waals surface area contributed by atoms with Crippen molar-refractivity contribution in [3.8, 4) is 0 Å². The third-order valence-corrected chi connectivity index (χ3v) is 4.15. The largest absolute Gasteiger partial charge is 0.356 e. The van der Waals surface area contributed by atoms with Crippen LogP contribution in [0.1, 0.15) is 38.3 Å². The molecule has 1 aliphatic rings. The van der Waals surface area contributed by atoms with E-state index in [2.05, 4.69) is 67.6 Å². The van der Waals surface area contributed by atoms with Crippen molar-refractivity contribution in [1.29, 1.82) is 0 Å². The van der Waals surface area contributed by atoms with Gasteiger partial charge in [-0.15, -0.1) is 0 Å². The summed E-state index contributed by atoms with van der Waals surface area (Å²) in [4.78, 5) is 4.31. The summed E-state index contributed by atoms with van der Waals surface area (Å²) >= 11 is 0. The summed E-state index contributed by atoms with van der Waals surface area (Å²) in [7, 11) is 1.84. The average Bonchev–Trinajstić information content (AvgIpc) is 3.10. The van der Waals surface area contributed by atoms with Crippen LogP contribution in [0.15, 0.2) is 29.3 Å². The molecule has 110 valence electrons. The van der Waals surface area contributed by atoms with E-state index in [0.717, 1.165) is 18.4 Å². The zero-order chi connectivity index (χ0) is 14.8. The maximum Gasteiger partial charge on any atom is 0.191 e. The lowest BCUT2D eigenvalue weighted by molar-refractivity contribution is 0.508. The van der Waals surface area contributed by atoms with E-state index in [1.165, 1.54) is 17.5 Å². The van der Waals surface area contributed by atoms with Gasteiger partial charge < -0.3 is 10.6 Å². The van der Waals surface area contributed by atoms with Crippen LogP contribution in [0, 0.1) is 12.8 Å². The standard InChI is InChI=1S/C17H27N3/c1-12-7-6-8-14(9-12)17(3,4)11-19-16(18-5)20-15-10-13(15)2/h6-9,13,15H,10-11H2,1-5H3,(H2,18,19,20). The highest BCUT2D eigenvalue weighted by atomic mass is 15.2. The molecule has 2 atom stereocenters. The van der Waals surface area contributed by atoms with Gasteiger partial charge in [0, 0.05) is 25.0 Å². The molecule has 1 aromatic rings. The van der Waals surface area contributed by atoms with E-state index in [-0.39, 0.29) is 5.41 Å². The Morgan fingerprint density at radius 3 is 2.65 bits per heavy atom. The summed E-state index contributed by atoms with van der Waals surface area (Å²) in [6, 6.07) is 9.34. The summed E-state index contributed by atoms with van der Waals surface area (Å²) in [5.74, 6) is 1.69. The Morgan fingerprint density at radius 1 is 1.40 bits per heavy atom. The molecule has 0 amide bonds. The number of nitrogens with zero attached hydrogens (tertiary/aromatic N) is 1. The molecule has 0 aromatic heterocycles. The van der Waals surface area contributed by atoms with Gasteiger partial charge in [-0.05, 0) is 24.8 Å². The molecule has 3 nitrogen and oxygen atoms in total. The maximum absolute atomic E-state index is 4.31. The smallest absolute Gasteiger partial charge is 0.191 e. The second kappa shape index (κ2) is 5.86. The van der Waals surface area contributed by atoms with Crippen molar-refractivity contribution in [1.82, 2.24) is 10.6 Å². The summed E-state index contributed by atoms with van der Waals surface area (Å²) in [5.41, 5.74) is 2.75. The summed E-state index contributed by atoms with van der Waals surface area (Å²) in [5, 5.41) is 6.92. The van der Waals surface area contributed by atoms with Gasteiger partial charge in [0.2, 0.25) is 0 Å². The van der Waals surface area contributed by atoms with Gasteiger partial charge in [0.1, 0.15) is 0 Å². The normalized spacial score (nSPS) is 22.6. The number of aliphatic imine (C=N–C) groups is 1. The average molecular weight is 273 g/mol. The first-order chi connectivity index (χ1) is 9.42. The van der Waals surface area contributed by atoms with Crippen LogP contribution in [0.25, 0.3) is 0 Å². The van der Waals surface area contributed by atoms with Crippen molar-refractivity contribution in [2.75, 3.05) is 13.6 Å². The Labute approximate surface area is 122 Å². The van der Waals surface area contributed by atoms with E-state index in [0.29, 0.717) is 6.04 Å². The molecule has 1 saturated carbocycles. The second-order valence-corrected chi connectivity index (χ2v) is 6.64. The van der Waals surface area contributed by atoms with E-state index >= 15 is 0 Å². The number of hydrogen-bond acceptors (Lipinski definition) is 1. The molecule has 20 heavy (non-hydrogen) atoms. The molecular weight excluding hydrogens is 246 g/mol. The van der Waals surface area contributed by atoms with Crippen molar-refractivity contribution in [2.24, 2.45) is 10.9 Å². The molecule has 0 aliphatic heterocycles. The number of nitrogens with one attached hydrogen (secondary N) is 2. The summed E-state index contributed by atoms with van der Waals surface area (Å²) in [6.45, 7) is 9.81. The number of rotatable bonds is 4. The van der Waals surface area contributed by atoms with Crippen molar-refractivity contribution >= 4 is 5.96 Å². The molecule has 2 rings (SSSR count). The van der Waals surface area contributed by atoms with Gasteiger partial charge in [-0.25, -0.2) is 0 Å². The minimum absolute atomic E-state index is 0.0821. The monoisotopic (exact) mass is 273 g/mol. The lowest BCUT2D eigenvalue weighted by Gasteiger charge is -2.27. The molecule has 0 heterocycles. The molecule has 2 N–H and O–H groups in total.